The summed E-state index contributed by atoms with van der Waals surface area (Å²) in [7, 11) is 0. The topological polar surface area (TPSA) is 48.4 Å². The van der Waals surface area contributed by atoms with Gasteiger partial charge in [-0.3, -0.25) is 0 Å². The maximum atomic E-state index is 8.92. The van der Waals surface area contributed by atoms with Crippen LogP contribution < -0.4 is 0 Å². The number of benzene rings is 1. The van der Waals surface area contributed by atoms with E-state index in [0.29, 0.717) is 5.71 Å². The summed E-state index contributed by atoms with van der Waals surface area (Å²) < 4.78 is 0. The molecule has 0 unspecified atom stereocenters. The molecule has 0 fully saturated rings. The van der Waals surface area contributed by atoms with Crippen LogP contribution in [0.2, 0.25) is 0 Å². The summed E-state index contributed by atoms with van der Waals surface area (Å²) in [5.74, 6) is 0. The molecule has 0 aliphatic rings. The van der Waals surface area contributed by atoms with Gasteiger partial charge in [0.2, 0.25) is 0 Å². The van der Waals surface area contributed by atoms with Gasteiger partial charge in [-0.25, -0.2) is 0 Å². The summed E-state index contributed by atoms with van der Waals surface area (Å²) in [5, 5.41) is 12.2. The summed E-state index contributed by atoms with van der Waals surface area (Å²) in [6, 6.07) is 13.3. The molecule has 0 saturated carbocycles. The molecular weight excluding hydrogens is 176 g/mol. The molecular formula is C11H10N2O. The monoisotopic (exact) mass is 186 g/mol. The maximum absolute atomic E-state index is 8.92. The van der Waals surface area contributed by atoms with E-state index in [9.17, 15) is 0 Å². The van der Waals surface area contributed by atoms with Crippen LogP contribution in [0.5, 0.6) is 0 Å². The van der Waals surface area contributed by atoms with Gasteiger partial charge >= 0.3 is 0 Å². The third kappa shape index (κ3) is 1.52. The minimum absolute atomic E-state index is 0.551. The summed E-state index contributed by atoms with van der Waals surface area (Å²) in [5.41, 5.74) is 2.24. The van der Waals surface area contributed by atoms with E-state index < -0.39 is 0 Å². The third-order valence-electron chi connectivity index (χ3n) is 2.00. The molecule has 0 spiro atoms. The van der Waals surface area contributed by atoms with E-state index >= 15 is 0 Å². The van der Waals surface area contributed by atoms with Crippen molar-refractivity contribution in [2.75, 3.05) is 0 Å². The fourth-order valence-corrected chi connectivity index (χ4v) is 1.34. The van der Waals surface area contributed by atoms with Crippen molar-refractivity contribution in [2.45, 2.75) is 0 Å². The molecule has 1 heterocycles. The quantitative estimate of drug-likeness (QED) is 0.422. The number of hydrogen-bond acceptors (Lipinski definition) is 2. The average molecular weight is 186 g/mol. The van der Waals surface area contributed by atoms with Crippen molar-refractivity contribution in [1.29, 1.82) is 0 Å². The van der Waals surface area contributed by atoms with Crippen molar-refractivity contribution in [3.63, 3.8) is 0 Å². The Labute approximate surface area is 81.7 Å². The predicted octanol–water partition coefficient (Wildman–Crippen LogP) is 2.24. The van der Waals surface area contributed by atoms with Crippen molar-refractivity contribution in [3.05, 3.63) is 59.9 Å². The lowest BCUT2D eigenvalue weighted by atomic mass is 10.1. The van der Waals surface area contributed by atoms with E-state index in [1.807, 2.05) is 42.5 Å². The zero-order valence-corrected chi connectivity index (χ0v) is 7.51. The molecule has 70 valence electrons. The van der Waals surface area contributed by atoms with Gasteiger partial charge in [0.1, 0.15) is 5.71 Å². The first-order valence-corrected chi connectivity index (χ1v) is 4.33. The van der Waals surface area contributed by atoms with Crippen LogP contribution in [0.1, 0.15) is 11.3 Å². The van der Waals surface area contributed by atoms with E-state index in [1.54, 1.807) is 6.20 Å². The number of aromatic nitrogens is 1. The second kappa shape index (κ2) is 3.79. The Morgan fingerprint density at radius 1 is 1.07 bits per heavy atom. The van der Waals surface area contributed by atoms with E-state index in [0.717, 1.165) is 11.3 Å². The molecule has 1 aromatic heterocycles. The number of oxime groups is 1. The Morgan fingerprint density at radius 3 is 2.43 bits per heavy atom. The number of hydrogen-bond donors (Lipinski definition) is 2. The minimum atomic E-state index is 0.551. The highest BCUT2D eigenvalue weighted by molar-refractivity contribution is 6.11. The van der Waals surface area contributed by atoms with Crippen molar-refractivity contribution in [2.24, 2.45) is 5.16 Å². The molecule has 0 aliphatic carbocycles. The van der Waals surface area contributed by atoms with Gasteiger partial charge in [-0.2, -0.15) is 0 Å². The highest BCUT2D eigenvalue weighted by atomic mass is 16.4. The Balaban J connectivity index is 2.43. The first-order chi connectivity index (χ1) is 6.92. The van der Waals surface area contributed by atoms with E-state index in [4.69, 9.17) is 5.21 Å². The molecule has 0 atom stereocenters. The van der Waals surface area contributed by atoms with Crippen LogP contribution in [0.15, 0.2) is 53.8 Å². The average Bonchev–Trinajstić information content (AvgIpc) is 2.74. The SMILES string of the molecule is ON=C(c1ccccc1)c1ccc[nH]1. The minimum Gasteiger partial charge on any atom is -0.410 e. The van der Waals surface area contributed by atoms with Gasteiger partial charge in [-0.1, -0.05) is 35.5 Å². The van der Waals surface area contributed by atoms with Crippen LogP contribution in [-0.4, -0.2) is 15.9 Å². The highest BCUT2D eigenvalue weighted by Crippen LogP contribution is 2.08. The molecule has 0 bridgehead atoms. The van der Waals surface area contributed by atoms with Gasteiger partial charge in [-0.15, -0.1) is 0 Å². The number of rotatable bonds is 2. The number of nitrogens with one attached hydrogen (secondary N) is 1. The molecule has 0 radical (unpaired) electrons. The molecule has 2 rings (SSSR count). The first kappa shape index (κ1) is 8.56. The summed E-state index contributed by atoms with van der Waals surface area (Å²) in [4.78, 5) is 3.00. The standard InChI is InChI=1S/C11H10N2O/c14-13-11(10-7-4-8-12-10)9-5-2-1-3-6-9/h1-8,12,14H. The Hall–Kier alpha value is -2.03. The van der Waals surface area contributed by atoms with Crippen LogP contribution >= 0.6 is 0 Å². The van der Waals surface area contributed by atoms with E-state index in [2.05, 4.69) is 10.1 Å². The molecule has 0 saturated heterocycles. The van der Waals surface area contributed by atoms with Crippen molar-refractivity contribution < 1.29 is 5.21 Å². The number of aromatic amines is 1. The fraction of sp³-hybridized carbons (Fsp3) is 0. The lowest BCUT2D eigenvalue weighted by Crippen LogP contribution is -2.03. The Kier molecular flexibility index (Phi) is 2.32. The van der Waals surface area contributed by atoms with Gasteiger partial charge in [0.15, 0.2) is 0 Å². The zero-order valence-electron chi connectivity index (χ0n) is 7.51. The predicted molar refractivity (Wildman–Crippen MR) is 54.7 cm³/mol. The second-order valence-electron chi connectivity index (χ2n) is 2.90. The van der Waals surface area contributed by atoms with Gasteiger partial charge in [0.05, 0.1) is 5.69 Å². The largest absolute Gasteiger partial charge is 0.410 e. The van der Waals surface area contributed by atoms with Crippen molar-refractivity contribution in [3.8, 4) is 0 Å². The van der Waals surface area contributed by atoms with Crippen molar-refractivity contribution >= 4 is 5.71 Å². The van der Waals surface area contributed by atoms with Crippen LogP contribution in [0.3, 0.4) is 0 Å². The summed E-state index contributed by atoms with van der Waals surface area (Å²) >= 11 is 0. The Morgan fingerprint density at radius 2 is 1.86 bits per heavy atom. The van der Waals surface area contributed by atoms with Crippen LogP contribution in [0, 0.1) is 0 Å². The van der Waals surface area contributed by atoms with Crippen LogP contribution in [-0.2, 0) is 0 Å². The maximum Gasteiger partial charge on any atom is 0.133 e. The second-order valence-corrected chi connectivity index (χ2v) is 2.90. The highest BCUT2D eigenvalue weighted by Gasteiger charge is 2.06. The van der Waals surface area contributed by atoms with Crippen LogP contribution in [0.25, 0.3) is 0 Å². The molecule has 2 aromatic rings. The molecule has 14 heavy (non-hydrogen) atoms. The van der Waals surface area contributed by atoms with Crippen molar-refractivity contribution in [1.82, 2.24) is 4.98 Å². The van der Waals surface area contributed by atoms with Crippen LogP contribution in [0.4, 0.5) is 0 Å². The van der Waals surface area contributed by atoms with Gasteiger partial charge < -0.3 is 10.2 Å². The molecule has 3 nitrogen and oxygen atoms in total. The first-order valence-electron chi connectivity index (χ1n) is 4.33. The summed E-state index contributed by atoms with van der Waals surface area (Å²) in [6.45, 7) is 0. The lowest BCUT2D eigenvalue weighted by Gasteiger charge is -2.01. The van der Waals surface area contributed by atoms with E-state index in [-0.39, 0.29) is 0 Å². The van der Waals surface area contributed by atoms with Gasteiger partial charge in [0.25, 0.3) is 0 Å². The van der Waals surface area contributed by atoms with E-state index in [1.165, 1.54) is 0 Å². The number of H-pyrrole nitrogens is 1. The summed E-state index contributed by atoms with van der Waals surface area (Å²) in [6.07, 6.45) is 1.80. The Bertz CT molecular complexity index is 418. The van der Waals surface area contributed by atoms with Gasteiger partial charge in [0, 0.05) is 11.8 Å². The molecule has 0 amide bonds. The molecule has 1 aromatic carbocycles. The lowest BCUT2D eigenvalue weighted by molar-refractivity contribution is 0.319. The molecule has 3 heteroatoms. The number of nitrogens with zero attached hydrogens (tertiary/aromatic N) is 1. The smallest absolute Gasteiger partial charge is 0.133 e. The third-order valence-corrected chi connectivity index (χ3v) is 2.00. The molecule has 0 aliphatic heterocycles. The normalized spacial score (nSPS) is 11.6. The molecule has 2 N–H and O–H groups in total. The zero-order chi connectivity index (χ0) is 9.80. The van der Waals surface area contributed by atoms with Gasteiger partial charge in [-0.05, 0) is 12.1 Å². The fourth-order valence-electron chi connectivity index (χ4n) is 1.34.